The number of aliphatic hydroxyl groups excluding tert-OH is 1. The average molecular weight is 438 g/mol. The molecule has 2 aromatic rings. The van der Waals surface area contributed by atoms with Crippen LogP contribution < -0.4 is 15.2 Å². The molecule has 2 aliphatic rings. The maximum absolute atomic E-state index is 12.4. The maximum Gasteiger partial charge on any atom is 0.267 e. The molecule has 30 heavy (non-hydrogen) atoms. The fourth-order valence-corrected chi connectivity index (χ4v) is 5.24. The zero-order valence-corrected chi connectivity index (χ0v) is 17.5. The highest BCUT2D eigenvalue weighted by molar-refractivity contribution is 7.89. The lowest BCUT2D eigenvalue weighted by Gasteiger charge is -2.37. The van der Waals surface area contributed by atoms with Crippen molar-refractivity contribution in [3.8, 4) is 0 Å². The Labute approximate surface area is 174 Å². The molecule has 4 rings (SSSR count). The Bertz CT molecular complexity index is 1010. The van der Waals surface area contributed by atoms with Gasteiger partial charge in [-0.3, -0.25) is 4.79 Å². The Morgan fingerprint density at radius 2 is 1.97 bits per heavy atom. The van der Waals surface area contributed by atoms with E-state index in [1.807, 2.05) is 4.90 Å². The molecule has 0 radical (unpaired) electrons. The molecule has 164 valence electrons. The number of nitrogens with one attached hydrogen (secondary N) is 1. The van der Waals surface area contributed by atoms with E-state index in [2.05, 4.69) is 19.5 Å². The summed E-state index contributed by atoms with van der Waals surface area (Å²) in [6.45, 7) is 0.929. The van der Waals surface area contributed by atoms with Crippen LogP contribution in [0.4, 0.5) is 5.82 Å². The lowest BCUT2D eigenvalue weighted by molar-refractivity contribution is 0.0669. The van der Waals surface area contributed by atoms with Crippen molar-refractivity contribution in [3.63, 3.8) is 0 Å². The lowest BCUT2D eigenvalue weighted by Crippen LogP contribution is -2.48. The van der Waals surface area contributed by atoms with Gasteiger partial charge in [0.15, 0.2) is 0 Å². The van der Waals surface area contributed by atoms with Gasteiger partial charge in [0, 0.05) is 25.2 Å². The Balaban J connectivity index is 1.54. The van der Waals surface area contributed by atoms with Crippen molar-refractivity contribution in [2.45, 2.75) is 68.0 Å². The van der Waals surface area contributed by atoms with Crippen LogP contribution in [0.2, 0.25) is 0 Å². The molecule has 3 unspecified atom stereocenters. The molecule has 10 nitrogen and oxygen atoms in total. The van der Waals surface area contributed by atoms with Crippen molar-refractivity contribution < 1.29 is 18.0 Å². The minimum absolute atomic E-state index is 0.0113. The summed E-state index contributed by atoms with van der Waals surface area (Å²) in [6, 6.07) is 2.75. The molecule has 0 aromatic carbocycles. The van der Waals surface area contributed by atoms with Crippen LogP contribution in [0.5, 0.6) is 0 Å². The van der Waals surface area contributed by atoms with E-state index in [1.165, 1.54) is 10.7 Å². The molecule has 0 spiro atoms. The summed E-state index contributed by atoms with van der Waals surface area (Å²) in [5.41, 5.74) is -0.230. The standard InChI is InChI=1S/C19H27N5O5S/c25-17-7-2-1-6-16(17)24-19(26)9-8-18(22-24)23-10-4-3-5-14(23)11-21-30(27,28)15-12-20-29-13-15/h8-9,12-14,16-17,21,25H,1-7,10-11H2. The molecule has 2 N–H and O–H groups in total. The predicted octanol–water partition coefficient (Wildman–Crippen LogP) is 1.04. The second-order valence-electron chi connectivity index (χ2n) is 7.95. The lowest BCUT2D eigenvalue weighted by atomic mass is 9.93. The quantitative estimate of drug-likeness (QED) is 0.686. The number of piperidine rings is 1. The monoisotopic (exact) mass is 437 g/mol. The molecule has 1 saturated heterocycles. The largest absolute Gasteiger partial charge is 0.391 e. The van der Waals surface area contributed by atoms with Crippen LogP contribution in [0.1, 0.15) is 51.0 Å². The van der Waals surface area contributed by atoms with Gasteiger partial charge in [-0.2, -0.15) is 5.10 Å². The van der Waals surface area contributed by atoms with Crippen LogP contribution >= 0.6 is 0 Å². The van der Waals surface area contributed by atoms with Gasteiger partial charge in [0.05, 0.1) is 18.3 Å². The predicted molar refractivity (Wildman–Crippen MR) is 109 cm³/mol. The molecular weight excluding hydrogens is 410 g/mol. The fourth-order valence-electron chi connectivity index (χ4n) is 4.31. The highest BCUT2D eigenvalue weighted by Crippen LogP contribution is 2.28. The Hall–Kier alpha value is -2.24. The first-order chi connectivity index (χ1) is 14.5. The Kier molecular flexibility index (Phi) is 6.21. The number of hydrogen-bond donors (Lipinski definition) is 2. The van der Waals surface area contributed by atoms with Crippen LogP contribution in [-0.2, 0) is 10.0 Å². The SMILES string of the molecule is O=c1ccc(N2CCCCC2CNS(=O)(=O)c2cnoc2)nn1C1CCCCC1O. The van der Waals surface area contributed by atoms with Crippen molar-refractivity contribution >= 4 is 15.8 Å². The highest BCUT2D eigenvalue weighted by Gasteiger charge is 2.29. The molecule has 2 fully saturated rings. The van der Waals surface area contributed by atoms with Crippen molar-refractivity contribution in [1.82, 2.24) is 19.7 Å². The van der Waals surface area contributed by atoms with Gasteiger partial charge < -0.3 is 14.5 Å². The normalized spacial score (nSPS) is 25.4. The summed E-state index contributed by atoms with van der Waals surface area (Å²) in [6.07, 6.45) is 7.72. The van der Waals surface area contributed by atoms with Gasteiger partial charge in [-0.05, 0) is 38.2 Å². The van der Waals surface area contributed by atoms with Crippen molar-refractivity contribution in [3.05, 3.63) is 34.9 Å². The highest BCUT2D eigenvalue weighted by atomic mass is 32.2. The van der Waals surface area contributed by atoms with Crippen molar-refractivity contribution in [1.29, 1.82) is 0 Å². The van der Waals surface area contributed by atoms with E-state index in [0.717, 1.165) is 57.5 Å². The summed E-state index contributed by atoms with van der Waals surface area (Å²) in [4.78, 5) is 14.5. The van der Waals surface area contributed by atoms with Gasteiger partial charge in [0.2, 0.25) is 10.0 Å². The molecule has 2 aromatic heterocycles. The number of aromatic nitrogens is 3. The minimum atomic E-state index is -3.70. The first-order valence-corrected chi connectivity index (χ1v) is 11.9. The third kappa shape index (κ3) is 4.42. The summed E-state index contributed by atoms with van der Waals surface area (Å²) in [5, 5.41) is 18.4. The van der Waals surface area contributed by atoms with Gasteiger partial charge in [-0.25, -0.2) is 17.8 Å². The second kappa shape index (κ2) is 8.86. The van der Waals surface area contributed by atoms with Gasteiger partial charge in [-0.1, -0.05) is 18.0 Å². The topological polar surface area (TPSA) is 131 Å². The minimum Gasteiger partial charge on any atom is -0.391 e. The third-order valence-electron chi connectivity index (χ3n) is 5.97. The molecule has 1 saturated carbocycles. The number of aliphatic hydroxyl groups is 1. The van der Waals surface area contributed by atoms with Crippen molar-refractivity contribution in [2.75, 3.05) is 18.0 Å². The molecule has 1 aliphatic carbocycles. The molecule has 1 aliphatic heterocycles. The van der Waals surface area contributed by atoms with Crippen LogP contribution in [0.3, 0.4) is 0 Å². The molecule has 3 heterocycles. The zero-order valence-electron chi connectivity index (χ0n) is 16.7. The van der Waals surface area contributed by atoms with Crippen LogP contribution in [0, 0.1) is 0 Å². The van der Waals surface area contributed by atoms with E-state index < -0.39 is 16.1 Å². The van der Waals surface area contributed by atoms with E-state index in [4.69, 9.17) is 0 Å². The molecule has 11 heteroatoms. The third-order valence-corrected chi connectivity index (χ3v) is 7.34. The summed E-state index contributed by atoms with van der Waals surface area (Å²) < 4.78 is 33.5. The fraction of sp³-hybridized carbons (Fsp3) is 0.632. The zero-order chi connectivity index (χ0) is 21.1. The number of rotatable bonds is 6. The first-order valence-electron chi connectivity index (χ1n) is 10.4. The number of hydrogen-bond acceptors (Lipinski definition) is 8. The molecule has 0 amide bonds. The van der Waals surface area contributed by atoms with Gasteiger partial charge in [0.1, 0.15) is 17.0 Å². The van der Waals surface area contributed by atoms with E-state index in [1.54, 1.807) is 6.07 Å². The van der Waals surface area contributed by atoms with E-state index in [0.29, 0.717) is 12.2 Å². The van der Waals surface area contributed by atoms with Crippen LogP contribution in [0.25, 0.3) is 0 Å². The number of sulfonamides is 1. The average Bonchev–Trinajstić information content (AvgIpc) is 3.30. The molecule has 3 atom stereocenters. The van der Waals surface area contributed by atoms with Gasteiger partial charge in [0.25, 0.3) is 5.56 Å². The maximum atomic E-state index is 12.4. The summed E-state index contributed by atoms with van der Waals surface area (Å²) >= 11 is 0. The van der Waals surface area contributed by atoms with Gasteiger partial charge in [-0.15, -0.1) is 0 Å². The van der Waals surface area contributed by atoms with Crippen LogP contribution in [-0.4, -0.2) is 53.7 Å². The Morgan fingerprint density at radius 1 is 1.17 bits per heavy atom. The van der Waals surface area contributed by atoms with E-state index in [-0.39, 0.29) is 29.1 Å². The number of nitrogens with zero attached hydrogens (tertiary/aromatic N) is 4. The van der Waals surface area contributed by atoms with Crippen molar-refractivity contribution in [2.24, 2.45) is 0 Å². The number of anilines is 1. The molecular formula is C19H27N5O5S. The van der Waals surface area contributed by atoms with E-state index in [9.17, 15) is 18.3 Å². The smallest absolute Gasteiger partial charge is 0.267 e. The van der Waals surface area contributed by atoms with Gasteiger partial charge >= 0.3 is 0 Å². The Morgan fingerprint density at radius 3 is 2.73 bits per heavy atom. The molecule has 0 bridgehead atoms. The summed E-state index contributed by atoms with van der Waals surface area (Å²) in [5.74, 6) is 0.626. The van der Waals surface area contributed by atoms with E-state index >= 15 is 0 Å². The van der Waals surface area contributed by atoms with Crippen LogP contribution in [0.15, 0.2) is 38.8 Å². The first kappa shape index (κ1) is 21.0. The second-order valence-corrected chi connectivity index (χ2v) is 9.72. The summed E-state index contributed by atoms with van der Waals surface area (Å²) in [7, 11) is -3.70.